The van der Waals surface area contributed by atoms with E-state index in [2.05, 4.69) is 47.8 Å². The van der Waals surface area contributed by atoms with Crippen molar-refractivity contribution in [2.75, 3.05) is 0 Å². The SMILES string of the molecule is Fc1ccc(C(Br)c2ccc(Br)cc2Br)cc1F. The molecule has 0 aliphatic heterocycles. The summed E-state index contributed by atoms with van der Waals surface area (Å²) in [6.45, 7) is 0. The first-order valence-corrected chi connectivity index (χ1v) is 7.53. The Morgan fingerprint density at radius 2 is 1.61 bits per heavy atom. The molecule has 2 aromatic rings. The molecule has 0 bridgehead atoms. The fraction of sp³-hybridized carbons (Fsp3) is 0.0769. The molecule has 5 heteroatoms. The normalized spacial score (nSPS) is 12.5. The minimum Gasteiger partial charge on any atom is -0.204 e. The van der Waals surface area contributed by atoms with E-state index in [4.69, 9.17) is 0 Å². The van der Waals surface area contributed by atoms with Crippen LogP contribution in [0.25, 0.3) is 0 Å². The highest BCUT2D eigenvalue weighted by Crippen LogP contribution is 2.36. The Bertz CT molecular complexity index is 584. The second-order valence-corrected chi connectivity index (χ2v) is 6.39. The molecule has 0 amide bonds. The topological polar surface area (TPSA) is 0 Å². The van der Waals surface area contributed by atoms with Gasteiger partial charge in [0, 0.05) is 8.95 Å². The van der Waals surface area contributed by atoms with Gasteiger partial charge in [-0.25, -0.2) is 8.78 Å². The zero-order valence-electron chi connectivity index (χ0n) is 8.93. The average molecular weight is 441 g/mol. The van der Waals surface area contributed by atoms with Gasteiger partial charge < -0.3 is 0 Å². The molecule has 18 heavy (non-hydrogen) atoms. The van der Waals surface area contributed by atoms with Crippen LogP contribution >= 0.6 is 47.8 Å². The lowest BCUT2D eigenvalue weighted by molar-refractivity contribution is 0.507. The Hall–Kier alpha value is -0.260. The summed E-state index contributed by atoms with van der Waals surface area (Å²) in [6, 6.07) is 9.60. The van der Waals surface area contributed by atoms with E-state index in [0.717, 1.165) is 20.6 Å². The molecule has 1 atom stereocenters. The first-order valence-electron chi connectivity index (χ1n) is 5.03. The van der Waals surface area contributed by atoms with E-state index in [1.807, 2.05) is 18.2 Å². The second-order valence-electron chi connectivity index (χ2n) is 3.70. The molecular formula is C13H7Br3F2. The van der Waals surface area contributed by atoms with Gasteiger partial charge in [-0.1, -0.05) is 59.9 Å². The van der Waals surface area contributed by atoms with Crippen LogP contribution in [0.4, 0.5) is 8.78 Å². The van der Waals surface area contributed by atoms with Crippen molar-refractivity contribution in [2.24, 2.45) is 0 Å². The van der Waals surface area contributed by atoms with Gasteiger partial charge in [0.15, 0.2) is 11.6 Å². The third kappa shape index (κ3) is 3.00. The summed E-state index contributed by atoms with van der Waals surface area (Å²) in [5, 5.41) is 0. The van der Waals surface area contributed by atoms with Gasteiger partial charge in [0.05, 0.1) is 4.83 Å². The van der Waals surface area contributed by atoms with E-state index in [0.29, 0.717) is 5.56 Å². The molecule has 0 aliphatic carbocycles. The summed E-state index contributed by atoms with van der Waals surface area (Å²) in [6.07, 6.45) is 0. The molecule has 0 heterocycles. The Kier molecular flexibility index (Phi) is 4.56. The van der Waals surface area contributed by atoms with Crippen molar-refractivity contribution in [1.29, 1.82) is 0 Å². The molecule has 0 aliphatic rings. The number of rotatable bonds is 2. The average Bonchev–Trinajstić information content (AvgIpc) is 2.32. The van der Waals surface area contributed by atoms with Gasteiger partial charge in [-0.2, -0.15) is 0 Å². The monoisotopic (exact) mass is 438 g/mol. The summed E-state index contributed by atoms with van der Waals surface area (Å²) in [5.74, 6) is -1.68. The minimum absolute atomic E-state index is 0.199. The molecule has 0 radical (unpaired) electrons. The fourth-order valence-corrected chi connectivity index (χ4v) is 3.82. The van der Waals surface area contributed by atoms with E-state index >= 15 is 0 Å². The van der Waals surface area contributed by atoms with E-state index in [9.17, 15) is 8.78 Å². The summed E-state index contributed by atoms with van der Waals surface area (Å²) in [4.78, 5) is -0.199. The van der Waals surface area contributed by atoms with Crippen molar-refractivity contribution in [3.63, 3.8) is 0 Å². The highest BCUT2D eigenvalue weighted by Gasteiger charge is 2.15. The zero-order valence-corrected chi connectivity index (χ0v) is 13.7. The Balaban J connectivity index is 2.41. The van der Waals surface area contributed by atoms with Gasteiger partial charge in [0.2, 0.25) is 0 Å². The molecular weight excluding hydrogens is 434 g/mol. The number of benzene rings is 2. The van der Waals surface area contributed by atoms with E-state index in [1.165, 1.54) is 6.07 Å². The van der Waals surface area contributed by atoms with Crippen LogP contribution in [0.15, 0.2) is 45.3 Å². The summed E-state index contributed by atoms with van der Waals surface area (Å²) in [7, 11) is 0. The standard InChI is InChI=1S/C13H7Br3F2/c14-8-2-3-9(10(15)6-8)13(16)7-1-4-11(17)12(18)5-7/h1-6,13H. The molecule has 1 unspecified atom stereocenters. The Morgan fingerprint density at radius 3 is 2.22 bits per heavy atom. The molecule has 0 aromatic heterocycles. The molecule has 0 saturated heterocycles. The predicted molar refractivity (Wildman–Crippen MR) is 79.0 cm³/mol. The summed E-state index contributed by atoms with van der Waals surface area (Å²) < 4.78 is 27.9. The number of halogens is 5. The van der Waals surface area contributed by atoms with Gasteiger partial charge >= 0.3 is 0 Å². The number of alkyl halides is 1. The predicted octanol–water partition coefficient (Wildman–Crippen LogP) is 5.97. The minimum atomic E-state index is -0.842. The molecule has 0 fully saturated rings. The lowest BCUT2D eigenvalue weighted by atomic mass is 10.0. The third-order valence-electron chi connectivity index (χ3n) is 2.47. The second kappa shape index (κ2) is 5.80. The quantitative estimate of drug-likeness (QED) is 0.504. The van der Waals surface area contributed by atoms with Crippen molar-refractivity contribution in [2.45, 2.75) is 4.83 Å². The van der Waals surface area contributed by atoms with Crippen LogP contribution in [-0.2, 0) is 0 Å². The summed E-state index contributed by atoms with van der Waals surface area (Å²) >= 11 is 10.3. The number of hydrogen-bond donors (Lipinski definition) is 0. The lowest BCUT2D eigenvalue weighted by Gasteiger charge is -2.13. The van der Waals surface area contributed by atoms with Crippen LogP contribution in [0.5, 0.6) is 0 Å². The zero-order chi connectivity index (χ0) is 13.3. The highest BCUT2D eigenvalue weighted by molar-refractivity contribution is 9.11. The molecule has 2 rings (SSSR count). The van der Waals surface area contributed by atoms with E-state index < -0.39 is 11.6 Å². The maximum atomic E-state index is 13.2. The molecule has 2 aromatic carbocycles. The van der Waals surface area contributed by atoms with Crippen molar-refractivity contribution in [3.05, 3.63) is 68.1 Å². The van der Waals surface area contributed by atoms with E-state index in [-0.39, 0.29) is 4.83 Å². The highest BCUT2D eigenvalue weighted by atomic mass is 79.9. The van der Waals surface area contributed by atoms with Crippen LogP contribution < -0.4 is 0 Å². The Labute approximate surface area is 129 Å². The van der Waals surface area contributed by atoms with Crippen LogP contribution in [0, 0.1) is 11.6 Å². The van der Waals surface area contributed by atoms with Crippen LogP contribution in [0.3, 0.4) is 0 Å². The van der Waals surface area contributed by atoms with Gasteiger partial charge in [-0.3, -0.25) is 0 Å². The first-order chi connectivity index (χ1) is 8.49. The van der Waals surface area contributed by atoms with Crippen molar-refractivity contribution in [1.82, 2.24) is 0 Å². The fourth-order valence-electron chi connectivity index (χ4n) is 1.56. The van der Waals surface area contributed by atoms with Crippen LogP contribution in [0.1, 0.15) is 16.0 Å². The van der Waals surface area contributed by atoms with Gasteiger partial charge in [-0.05, 0) is 35.4 Å². The molecule has 0 spiro atoms. The maximum Gasteiger partial charge on any atom is 0.159 e. The Morgan fingerprint density at radius 1 is 0.889 bits per heavy atom. The third-order valence-corrected chi connectivity index (χ3v) is 4.67. The van der Waals surface area contributed by atoms with Gasteiger partial charge in [-0.15, -0.1) is 0 Å². The van der Waals surface area contributed by atoms with E-state index in [1.54, 1.807) is 6.07 Å². The van der Waals surface area contributed by atoms with Crippen molar-refractivity contribution in [3.8, 4) is 0 Å². The molecule has 0 N–H and O–H groups in total. The molecule has 0 saturated carbocycles. The smallest absolute Gasteiger partial charge is 0.159 e. The van der Waals surface area contributed by atoms with Crippen molar-refractivity contribution < 1.29 is 8.78 Å². The largest absolute Gasteiger partial charge is 0.204 e. The first kappa shape index (κ1) is 14.2. The van der Waals surface area contributed by atoms with Crippen molar-refractivity contribution >= 4 is 47.8 Å². The lowest BCUT2D eigenvalue weighted by Crippen LogP contribution is -1.96. The molecule has 94 valence electrons. The van der Waals surface area contributed by atoms with Gasteiger partial charge in [0.1, 0.15) is 0 Å². The molecule has 0 nitrogen and oxygen atoms in total. The van der Waals surface area contributed by atoms with Crippen LogP contribution in [0.2, 0.25) is 0 Å². The van der Waals surface area contributed by atoms with Gasteiger partial charge in [0.25, 0.3) is 0 Å². The maximum absolute atomic E-state index is 13.2. The summed E-state index contributed by atoms with van der Waals surface area (Å²) in [5.41, 5.74) is 1.61. The number of hydrogen-bond acceptors (Lipinski definition) is 0. The van der Waals surface area contributed by atoms with Crippen LogP contribution in [-0.4, -0.2) is 0 Å².